The number of ether oxygens (including phenoxy) is 1. The first-order chi connectivity index (χ1) is 17.9. The van der Waals surface area contributed by atoms with E-state index in [1.54, 1.807) is 35.6 Å². The van der Waals surface area contributed by atoms with Gasteiger partial charge in [0.2, 0.25) is 11.8 Å². The number of amides is 2. The molecule has 2 amide bonds. The first-order valence-electron chi connectivity index (χ1n) is 11.8. The Hall–Kier alpha value is -3.63. The van der Waals surface area contributed by atoms with E-state index in [0.29, 0.717) is 52.9 Å². The van der Waals surface area contributed by atoms with Gasteiger partial charge in [0, 0.05) is 18.3 Å². The number of thiophene rings is 1. The minimum Gasteiger partial charge on any atom is -0.495 e. The summed E-state index contributed by atoms with van der Waals surface area (Å²) >= 11 is 2.69. The molecule has 3 heterocycles. The maximum absolute atomic E-state index is 13.8. The molecule has 1 N–H and O–H groups in total. The molecule has 1 aliphatic heterocycles. The molecule has 0 radical (unpaired) electrons. The molecule has 37 heavy (non-hydrogen) atoms. The molecule has 10 heteroatoms. The Morgan fingerprint density at radius 3 is 2.65 bits per heavy atom. The van der Waals surface area contributed by atoms with E-state index in [-0.39, 0.29) is 23.1 Å². The first-order valence-corrected chi connectivity index (χ1v) is 13.6. The van der Waals surface area contributed by atoms with Gasteiger partial charge in [-0.15, -0.1) is 11.3 Å². The second-order valence-corrected chi connectivity index (χ2v) is 10.7. The summed E-state index contributed by atoms with van der Waals surface area (Å²) in [4.78, 5) is 46.9. The van der Waals surface area contributed by atoms with Crippen LogP contribution >= 0.6 is 23.1 Å². The molecule has 0 fully saturated rings. The van der Waals surface area contributed by atoms with Crippen LogP contribution in [0.3, 0.4) is 0 Å². The van der Waals surface area contributed by atoms with Crippen molar-refractivity contribution in [2.45, 2.75) is 31.6 Å². The fraction of sp³-hybridized carbons (Fsp3) is 0.259. The number of hydrogen-bond acceptors (Lipinski definition) is 7. The van der Waals surface area contributed by atoms with E-state index in [9.17, 15) is 14.4 Å². The second kappa shape index (κ2) is 10.8. The van der Waals surface area contributed by atoms with Crippen LogP contribution in [0.15, 0.2) is 64.5 Å². The molecule has 4 aromatic rings. The van der Waals surface area contributed by atoms with Crippen molar-refractivity contribution in [1.82, 2.24) is 14.5 Å². The molecule has 2 aromatic heterocycles. The Bertz CT molecular complexity index is 1530. The van der Waals surface area contributed by atoms with E-state index in [0.717, 1.165) is 16.0 Å². The number of methoxy groups -OCH3 is 1. The number of carbonyl (C=O) groups is 2. The summed E-state index contributed by atoms with van der Waals surface area (Å²) in [6, 6.07) is 16.9. The van der Waals surface area contributed by atoms with E-state index in [4.69, 9.17) is 9.72 Å². The van der Waals surface area contributed by atoms with Crippen molar-refractivity contribution in [1.29, 1.82) is 0 Å². The number of anilines is 1. The molecular weight excluding hydrogens is 508 g/mol. The molecule has 0 saturated heterocycles. The van der Waals surface area contributed by atoms with Crippen LogP contribution < -0.4 is 15.6 Å². The number of hydrogen-bond donors (Lipinski definition) is 1. The maximum atomic E-state index is 13.8. The van der Waals surface area contributed by atoms with Crippen LogP contribution in [0, 0.1) is 0 Å². The molecule has 190 valence electrons. The summed E-state index contributed by atoms with van der Waals surface area (Å²) in [7, 11) is 1.55. The minimum absolute atomic E-state index is 0.0230. The summed E-state index contributed by atoms with van der Waals surface area (Å²) in [6.45, 7) is 3.00. The molecule has 0 saturated carbocycles. The quantitative estimate of drug-likeness (QED) is 0.283. The number of para-hydroxylation sites is 2. The summed E-state index contributed by atoms with van der Waals surface area (Å²) in [5, 5.41) is 3.98. The molecule has 5 rings (SSSR count). The Morgan fingerprint density at radius 1 is 1.14 bits per heavy atom. The maximum Gasteiger partial charge on any atom is 0.263 e. The standard InChI is InChI=1S/C27H26N4O4S2/c1-17(32)30-13-12-19-22(15-30)37-25-24(19)26(34)31(14-18-8-4-3-5-9-18)27(29-25)36-16-23(33)28-20-10-6-7-11-21(20)35-2/h3-11H,12-16H2,1-2H3,(H,28,33). The summed E-state index contributed by atoms with van der Waals surface area (Å²) in [5.41, 5.74) is 2.43. The van der Waals surface area contributed by atoms with Crippen molar-refractivity contribution in [3.05, 3.63) is 81.0 Å². The van der Waals surface area contributed by atoms with Gasteiger partial charge < -0.3 is 15.0 Å². The molecule has 1 aliphatic rings. The lowest BCUT2D eigenvalue weighted by atomic mass is 10.1. The fourth-order valence-corrected chi connectivity index (χ4v) is 6.48. The number of rotatable bonds is 7. The summed E-state index contributed by atoms with van der Waals surface area (Å²) in [5.74, 6) is 0.450. The molecule has 0 unspecified atom stereocenters. The Kier molecular flexibility index (Phi) is 7.29. The zero-order valence-electron chi connectivity index (χ0n) is 20.5. The highest BCUT2D eigenvalue weighted by atomic mass is 32.2. The topological polar surface area (TPSA) is 93.5 Å². The van der Waals surface area contributed by atoms with Crippen molar-refractivity contribution in [3.8, 4) is 5.75 Å². The van der Waals surface area contributed by atoms with Crippen molar-refractivity contribution >= 4 is 50.8 Å². The van der Waals surface area contributed by atoms with Crippen LogP contribution in [0.5, 0.6) is 5.75 Å². The average Bonchev–Trinajstić information content (AvgIpc) is 3.28. The van der Waals surface area contributed by atoms with Gasteiger partial charge in [-0.1, -0.05) is 54.2 Å². The minimum atomic E-state index is -0.224. The molecule has 2 aromatic carbocycles. The van der Waals surface area contributed by atoms with Gasteiger partial charge in [-0.05, 0) is 29.7 Å². The molecule has 0 atom stereocenters. The Morgan fingerprint density at radius 2 is 1.89 bits per heavy atom. The van der Waals surface area contributed by atoms with Gasteiger partial charge in [0.15, 0.2) is 5.16 Å². The predicted molar refractivity (Wildman–Crippen MR) is 147 cm³/mol. The Balaban J connectivity index is 1.48. The van der Waals surface area contributed by atoms with Gasteiger partial charge in [-0.25, -0.2) is 4.98 Å². The van der Waals surface area contributed by atoms with E-state index < -0.39 is 0 Å². The number of benzene rings is 2. The third-order valence-electron chi connectivity index (χ3n) is 6.27. The molecule has 0 spiro atoms. The highest BCUT2D eigenvalue weighted by molar-refractivity contribution is 7.99. The van der Waals surface area contributed by atoms with E-state index in [2.05, 4.69) is 5.32 Å². The van der Waals surface area contributed by atoms with Crippen LogP contribution in [0.4, 0.5) is 5.69 Å². The van der Waals surface area contributed by atoms with Crippen LogP contribution in [-0.2, 0) is 29.1 Å². The van der Waals surface area contributed by atoms with Crippen LogP contribution in [0.25, 0.3) is 10.2 Å². The number of nitrogens with zero attached hydrogens (tertiary/aromatic N) is 3. The van der Waals surface area contributed by atoms with Gasteiger partial charge in [-0.2, -0.15) is 0 Å². The number of thioether (sulfide) groups is 1. The van der Waals surface area contributed by atoms with Crippen molar-refractivity contribution in [2.75, 3.05) is 24.7 Å². The van der Waals surface area contributed by atoms with Crippen molar-refractivity contribution < 1.29 is 14.3 Å². The van der Waals surface area contributed by atoms with Gasteiger partial charge in [0.1, 0.15) is 10.6 Å². The van der Waals surface area contributed by atoms with E-state index in [1.165, 1.54) is 23.1 Å². The molecule has 8 nitrogen and oxygen atoms in total. The summed E-state index contributed by atoms with van der Waals surface area (Å²) < 4.78 is 6.97. The van der Waals surface area contributed by atoms with Crippen molar-refractivity contribution in [3.63, 3.8) is 0 Å². The van der Waals surface area contributed by atoms with Crippen LogP contribution in [0.2, 0.25) is 0 Å². The molecule has 0 bridgehead atoms. The van der Waals surface area contributed by atoms with E-state index >= 15 is 0 Å². The normalized spacial score (nSPS) is 12.9. The average molecular weight is 535 g/mol. The van der Waals surface area contributed by atoms with Gasteiger partial charge >= 0.3 is 0 Å². The largest absolute Gasteiger partial charge is 0.495 e. The SMILES string of the molecule is COc1ccccc1NC(=O)CSc1nc2sc3c(c2c(=O)n1Cc1ccccc1)CCN(C(C)=O)C3. The highest BCUT2D eigenvalue weighted by Gasteiger charge is 2.26. The van der Waals surface area contributed by atoms with E-state index in [1.807, 2.05) is 42.5 Å². The molecular formula is C27H26N4O4S2. The summed E-state index contributed by atoms with van der Waals surface area (Å²) in [6.07, 6.45) is 0.630. The number of carbonyl (C=O) groups excluding carboxylic acids is 2. The Labute approximate surface area is 222 Å². The number of aromatic nitrogens is 2. The van der Waals surface area contributed by atoms with Gasteiger partial charge in [0.05, 0.1) is 37.0 Å². The first kappa shape index (κ1) is 25.0. The fourth-order valence-electron chi connectivity index (χ4n) is 4.41. The lowest BCUT2D eigenvalue weighted by Crippen LogP contribution is -2.34. The van der Waals surface area contributed by atoms with Crippen molar-refractivity contribution in [2.24, 2.45) is 0 Å². The number of fused-ring (bicyclic) bond motifs is 3. The smallest absolute Gasteiger partial charge is 0.263 e. The van der Waals surface area contributed by atoms with Crippen LogP contribution in [-0.4, -0.2) is 45.7 Å². The van der Waals surface area contributed by atoms with Gasteiger partial charge in [-0.3, -0.25) is 19.0 Å². The number of nitrogens with one attached hydrogen (secondary N) is 1. The third-order valence-corrected chi connectivity index (χ3v) is 8.35. The van der Waals surface area contributed by atoms with Crippen LogP contribution in [0.1, 0.15) is 22.9 Å². The lowest BCUT2D eigenvalue weighted by Gasteiger charge is -2.25. The predicted octanol–water partition coefficient (Wildman–Crippen LogP) is 4.15. The second-order valence-electron chi connectivity index (χ2n) is 8.68. The molecule has 0 aliphatic carbocycles. The highest BCUT2D eigenvalue weighted by Crippen LogP contribution is 2.34. The zero-order valence-corrected chi connectivity index (χ0v) is 22.2. The lowest BCUT2D eigenvalue weighted by molar-refractivity contribution is -0.129. The zero-order chi connectivity index (χ0) is 25.9. The third kappa shape index (κ3) is 5.26. The van der Waals surface area contributed by atoms with Gasteiger partial charge in [0.25, 0.3) is 5.56 Å². The monoisotopic (exact) mass is 534 g/mol.